The number of aromatic nitrogens is 2. The number of benzene rings is 1. The summed E-state index contributed by atoms with van der Waals surface area (Å²) in [5.74, 6) is -0.787. The molecule has 0 bridgehead atoms. The number of carboxylic acid groups (broad SMARTS) is 1. The van der Waals surface area contributed by atoms with Crippen LogP contribution in [0.4, 0.5) is 17.3 Å². The zero-order chi connectivity index (χ0) is 14.9. The van der Waals surface area contributed by atoms with Gasteiger partial charge in [0.1, 0.15) is 11.6 Å². The van der Waals surface area contributed by atoms with Crippen LogP contribution in [-0.2, 0) is 0 Å². The van der Waals surface area contributed by atoms with E-state index >= 15 is 0 Å². The highest BCUT2D eigenvalue weighted by molar-refractivity contribution is 7.99. The Bertz CT molecular complexity index is 675. The molecule has 7 nitrogen and oxygen atoms in total. The van der Waals surface area contributed by atoms with Crippen molar-refractivity contribution in [3.05, 3.63) is 28.8 Å². The Balaban J connectivity index is 2.50. The first kappa shape index (κ1) is 14.2. The standard InChI is InChI=1S/C11H10ClN5O2S/c12-6-2-4(13)1-5(10(18)19)9(6)20-11-16-7(14)3-8(15)17-11/h1-3H,13H2,(H,18,19)(H4,14,15,16,17). The van der Waals surface area contributed by atoms with E-state index in [0.29, 0.717) is 0 Å². The van der Waals surface area contributed by atoms with Gasteiger partial charge < -0.3 is 22.3 Å². The van der Waals surface area contributed by atoms with Crippen molar-refractivity contribution in [2.75, 3.05) is 17.2 Å². The Labute approximate surface area is 123 Å². The van der Waals surface area contributed by atoms with Gasteiger partial charge in [-0.1, -0.05) is 11.6 Å². The van der Waals surface area contributed by atoms with Crippen molar-refractivity contribution in [1.82, 2.24) is 9.97 Å². The van der Waals surface area contributed by atoms with Gasteiger partial charge in [0.15, 0.2) is 5.16 Å². The van der Waals surface area contributed by atoms with Crippen LogP contribution >= 0.6 is 23.4 Å². The van der Waals surface area contributed by atoms with Crippen LogP contribution in [0.25, 0.3) is 0 Å². The molecule has 0 unspecified atom stereocenters. The van der Waals surface area contributed by atoms with Gasteiger partial charge >= 0.3 is 5.97 Å². The highest BCUT2D eigenvalue weighted by Gasteiger charge is 2.17. The molecule has 0 aliphatic heterocycles. The number of aromatic carboxylic acids is 1. The highest BCUT2D eigenvalue weighted by atomic mass is 35.5. The van der Waals surface area contributed by atoms with Crippen LogP contribution in [0.2, 0.25) is 5.02 Å². The van der Waals surface area contributed by atoms with Crippen molar-refractivity contribution in [3.8, 4) is 0 Å². The maximum Gasteiger partial charge on any atom is 0.336 e. The summed E-state index contributed by atoms with van der Waals surface area (Å²) >= 11 is 6.98. The SMILES string of the molecule is Nc1cc(Cl)c(Sc2nc(N)cc(N)n2)c(C(=O)O)c1. The van der Waals surface area contributed by atoms with Gasteiger partial charge in [0.2, 0.25) is 0 Å². The fourth-order valence-corrected chi connectivity index (χ4v) is 2.72. The molecule has 0 amide bonds. The summed E-state index contributed by atoms with van der Waals surface area (Å²) in [7, 11) is 0. The van der Waals surface area contributed by atoms with Crippen molar-refractivity contribution in [1.29, 1.82) is 0 Å². The summed E-state index contributed by atoms with van der Waals surface area (Å²) in [5, 5.41) is 9.58. The first-order valence-electron chi connectivity index (χ1n) is 5.27. The lowest BCUT2D eigenvalue weighted by molar-refractivity contribution is 0.0693. The van der Waals surface area contributed by atoms with Crippen LogP contribution in [0.5, 0.6) is 0 Å². The maximum absolute atomic E-state index is 11.2. The number of nitrogens with two attached hydrogens (primary N) is 3. The minimum Gasteiger partial charge on any atom is -0.478 e. The van der Waals surface area contributed by atoms with Gasteiger partial charge in [-0.3, -0.25) is 0 Å². The molecule has 20 heavy (non-hydrogen) atoms. The average Bonchev–Trinajstić information content (AvgIpc) is 2.30. The number of anilines is 3. The van der Waals surface area contributed by atoms with E-state index in [9.17, 15) is 9.90 Å². The Morgan fingerprint density at radius 3 is 2.30 bits per heavy atom. The second kappa shape index (κ2) is 5.43. The zero-order valence-electron chi connectivity index (χ0n) is 10.0. The van der Waals surface area contributed by atoms with Crippen LogP contribution in [0, 0.1) is 0 Å². The molecule has 0 radical (unpaired) electrons. The van der Waals surface area contributed by atoms with Crippen molar-refractivity contribution in [3.63, 3.8) is 0 Å². The van der Waals surface area contributed by atoms with Gasteiger partial charge in [0, 0.05) is 16.6 Å². The smallest absolute Gasteiger partial charge is 0.336 e. The molecule has 0 aliphatic carbocycles. The van der Waals surface area contributed by atoms with Crippen LogP contribution in [0.3, 0.4) is 0 Å². The molecule has 0 atom stereocenters. The van der Waals surface area contributed by atoms with E-state index in [0.717, 1.165) is 11.8 Å². The molecule has 1 heterocycles. The van der Waals surface area contributed by atoms with Crippen LogP contribution in [-0.4, -0.2) is 21.0 Å². The van der Waals surface area contributed by atoms with E-state index in [1.165, 1.54) is 18.2 Å². The predicted octanol–water partition coefficient (Wildman–Crippen LogP) is 1.73. The molecule has 7 N–H and O–H groups in total. The van der Waals surface area contributed by atoms with Crippen molar-refractivity contribution in [2.45, 2.75) is 10.1 Å². The number of nitrogens with zero attached hydrogens (tertiary/aromatic N) is 2. The van der Waals surface area contributed by atoms with E-state index in [1.807, 2.05) is 0 Å². The molecule has 0 saturated carbocycles. The lowest BCUT2D eigenvalue weighted by Crippen LogP contribution is -2.03. The molecule has 2 rings (SSSR count). The largest absolute Gasteiger partial charge is 0.478 e. The first-order chi connectivity index (χ1) is 9.36. The lowest BCUT2D eigenvalue weighted by Gasteiger charge is -2.09. The Hall–Kier alpha value is -2.19. The van der Waals surface area contributed by atoms with Gasteiger partial charge in [-0.15, -0.1) is 0 Å². The van der Waals surface area contributed by atoms with Crippen LogP contribution in [0.15, 0.2) is 28.3 Å². The zero-order valence-corrected chi connectivity index (χ0v) is 11.6. The number of nitrogen functional groups attached to an aromatic ring is 3. The minimum absolute atomic E-state index is 0.0374. The van der Waals surface area contributed by atoms with Crippen molar-refractivity contribution >= 4 is 46.7 Å². The summed E-state index contributed by atoms with van der Waals surface area (Å²) in [6.07, 6.45) is 0. The van der Waals surface area contributed by atoms with Gasteiger partial charge in [0.05, 0.1) is 10.6 Å². The predicted molar refractivity (Wildman–Crippen MR) is 77.8 cm³/mol. The molecule has 0 fully saturated rings. The van der Waals surface area contributed by atoms with E-state index < -0.39 is 5.97 Å². The number of hydrogen-bond donors (Lipinski definition) is 4. The molecule has 9 heteroatoms. The third kappa shape index (κ3) is 3.03. The molecule has 104 valence electrons. The van der Waals surface area contributed by atoms with E-state index in [1.54, 1.807) is 0 Å². The summed E-state index contributed by atoms with van der Waals surface area (Å²) < 4.78 is 0. The molecular weight excluding hydrogens is 302 g/mol. The minimum atomic E-state index is -1.15. The Morgan fingerprint density at radius 1 is 1.15 bits per heavy atom. The van der Waals surface area contributed by atoms with E-state index in [2.05, 4.69) is 9.97 Å². The quantitative estimate of drug-likeness (QED) is 0.496. The number of carboxylic acids is 1. The fourth-order valence-electron chi connectivity index (χ4n) is 1.48. The molecule has 0 spiro atoms. The average molecular weight is 312 g/mol. The topological polar surface area (TPSA) is 141 Å². The number of carbonyl (C=O) groups is 1. The molecular formula is C11H10ClN5O2S. The van der Waals surface area contributed by atoms with Crippen LogP contribution in [0.1, 0.15) is 10.4 Å². The normalized spacial score (nSPS) is 10.4. The van der Waals surface area contributed by atoms with Gasteiger partial charge in [-0.2, -0.15) is 0 Å². The lowest BCUT2D eigenvalue weighted by atomic mass is 10.2. The summed E-state index contributed by atoms with van der Waals surface area (Å²) in [5.41, 5.74) is 16.9. The van der Waals surface area contributed by atoms with E-state index in [4.69, 9.17) is 28.8 Å². The van der Waals surface area contributed by atoms with E-state index in [-0.39, 0.29) is 38.0 Å². The summed E-state index contributed by atoms with van der Waals surface area (Å²) in [4.78, 5) is 19.4. The highest BCUT2D eigenvalue weighted by Crippen LogP contribution is 2.36. The molecule has 0 saturated heterocycles. The Kier molecular flexibility index (Phi) is 3.86. The Morgan fingerprint density at radius 2 is 1.75 bits per heavy atom. The van der Waals surface area contributed by atoms with Crippen molar-refractivity contribution < 1.29 is 9.90 Å². The number of rotatable bonds is 3. The second-order valence-corrected chi connectivity index (χ2v) is 5.17. The molecule has 1 aromatic heterocycles. The second-order valence-electron chi connectivity index (χ2n) is 3.79. The third-order valence-corrected chi connectivity index (χ3v) is 3.65. The maximum atomic E-state index is 11.2. The molecule has 1 aromatic carbocycles. The first-order valence-corrected chi connectivity index (χ1v) is 6.46. The summed E-state index contributed by atoms with van der Waals surface area (Å²) in [6.45, 7) is 0. The number of hydrogen-bond acceptors (Lipinski definition) is 7. The molecule has 0 aliphatic rings. The van der Waals surface area contributed by atoms with Gasteiger partial charge in [-0.05, 0) is 23.9 Å². The van der Waals surface area contributed by atoms with Gasteiger partial charge in [-0.25, -0.2) is 14.8 Å². The number of halogens is 1. The fraction of sp³-hybridized carbons (Fsp3) is 0. The van der Waals surface area contributed by atoms with Crippen molar-refractivity contribution in [2.24, 2.45) is 0 Å². The van der Waals surface area contributed by atoms with Gasteiger partial charge in [0.25, 0.3) is 0 Å². The summed E-state index contributed by atoms with van der Waals surface area (Å²) in [6, 6.07) is 4.16. The van der Waals surface area contributed by atoms with Crippen LogP contribution < -0.4 is 17.2 Å². The molecule has 2 aromatic rings. The third-order valence-electron chi connectivity index (χ3n) is 2.23. The monoisotopic (exact) mass is 311 g/mol.